The third-order valence-corrected chi connectivity index (χ3v) is 4.58. The number of ether oxygens (including phenoxy) is 1. The Morgan fingerprint density at radius 3 is 2.62 bits per heavy atom. The Bertz CT molecular complexity index is 559. The summed E-state index contributed by atoms with van der Waals surface area (Å²) in [4.78, 5) is 9.62. The summed E-state index contributed by atoms with van der Waals surface area (Å²) in [5.74, 6) is 1.90. The highest BCUT2D eigenvalue weighted by atomic mass is 16.5. The molecule has 3 heterocycles. The molecular weight excluding hydrogens is 306 g/mol. The molecule has 24 heavy (non-hydrogen) atoms. The first-order valence-electron chi connectivity index (χ1n) is 8.83. The molecule has 0 saturated carbocycles. The van der Waals surface area contributed by atoms with Crippen LogP contribution in [0.2, 0.25) is 0 Å². The van der Waals surface area contributed by atoms with Gasteiger partial charge >= 0.3 is 0 Å². The van der Waals surface area contributed by atoms with Crippen LogP contribution in [-0.4, -0.2) is 73.4 Å². The van der Waals surface area contributed by atoms with Crippen molar-refractivity contribution in [2.45, 2.75) is 27.3 Å². The van der Waals surface area contributed by atoms with Crippen molar-refractivity contribution in [2.24, 2.45) is 10.4 Å². The molecule has 0 bridgehead atoms. The van der Waals surface area contributed by atoms with Crippen molar-refractivity contribution in [3.05, 3.63) is 17.5 Å². The van der Waals surface area contributed by atoms with Gasteiger partial charge in [0.15, 0.2) is 5.96 Å². The Labute approximate surface area is 144 Å². The Morgan fingerprint density at radius 2 is 2.08 bits per heavy atom. The summed E-state index contributed by atoms with van der Waals surface area (Å²) in [6, 6.07) is 2.01. The third-order valence-electron chi connectivity index (χ3n) is 4.58. The van der Waals surface area contributed by atoms with E-state index in [4.69, 9.17) is 14.3 Å². The van der Waals surface area contributed by atoms with Crippen molar-refractivity contribution < 1.29 is 9.26 Å². The van der Waals surface area contributed by atoms with Gasteiger partial charge in [0.2, 0.25) is 0 Å². The summed E-state index contributed by atoms with van der Waals surface area (Å²) in [6.07, 6.45) is 0. The number of aromatic nitrogens is 1. The Hall–Kier alpha value is -1.60. The monoisotopic (exact) mass is 335 g/mol. The number of aliphatic imine (C=N–C) groups is 1. The second-order valence-corrected chi connectivity index (χ2v) is 7.17. The van der Waals surface area contributed by atoms with Crippen molar-refractivity contribution in [1.29, 1.82) is 0 Å². The summed E-state index contributed by atoms with van der Waals surface area (Å²) in [5, 5.41) is 7.52. The van der Waals surface area contributed by atoms with Gasteiger partial charge in [0, 0.05) is 50.7 Å². The molecule has 2 aliphatic heterocycles. The lowest BCUT2D eigenvalue weighted by Crippen LogP contribution is -2.52. The Morgan fingerprint density at radius 1 is 1.33 bits per heavy atom. The molecule has 7 heteroatoms. The minimum absolute atomic E-state index is 0.216. The number of aryl methyl sites for hydroxylation is 1. The number of hydrogen-bond donors (Lipinski definition) is 1. The zero-order valence-electron chi connectivity index (χ0n) is 15.0. The van der Waals surface area contributed by atoms with E-state index in [1.54, 1.807) is 0 Å². The molecule has 1 aromatic rings. The molecule has 1 N–H and O–H groups in total. The minimum Gasteiger partial charge on any atom is -0.380 e. The van der Waals surface area contributed by atoms with Crippen molar-refractivity contribution in [2.75, 3.05) is 52.5 Å². The average molecular weight is 335 g/mol. The van der Waals surface area contributed by atoms with Gasteiger partial charge in [-0.25, -0.2) is 0 Å². The van der Waals surface area contributed by atoms with E-state index in [0.717, 1.165) is 76.4 Å². The number of rotatable bonds is 5. The van der Waals surface area contributed by atoms with E-state index in [2.05, 4.69) is 34.1 Å². The van der Waals surface area contributed by atoms with Crippen LogP contribution in [0, 0.1) is 12.3 Å². The van der Waals surface area contributed by atoms with Crippen LogP contribution in [0.4, 0.5) is 0 Å². The van der Waals surface area contributed by atoms with Gasteiger partial charge in [0.1, 0.15) is 5.76 Å². The van der Waals surface area contributed by atoms with Gasteiger partial charge in [0.05, 0.1) is 25.5 Å². The molecule has 134 valence electrons. The van der Waals surface area contributed by atoms with E-state index in [1.165, 1.54) is 0 Å². The van der Waals surface area contributed by atoms with Crippen LogP contribution in [0.5, 0.6) is 0 Å². The highest BCUT2D eigenvalue weighted by Gasteiger charge is 2.33. The van der Waals surface area contributed by atoms with Crippen molar-refractivity contribution >= 4 is 5.96 Å². The molecule has 3 rings (SSSR count). The molecule has 0 unspecified atom stereocenters. The number of guanidine groups is 1. The van der Waals surface area contributed by atoms with Gasteiger partial charge < -0.3 is 19.5 Å². The summed E-state index contributed by atoms with van der Waals surface area (Å²) >= 11 is 0. The van der Waals surface area contributed by atoms with Crippen molar-refractivity contribution in [1.82, 2.24) is 20.3 Å². The van der Waals surface area contributed by atoms with Gasteiger partial charge in [-0.3, -0.25) is 9.89 Å². The summed E-state index contributed by atoms with van der Waals surface area (Å²) in [7, 11) is 0. The molecular formula is C17H29N5O2. The number of nitrogens with zero attached hydrogens (tertiary/aromatic N) is 4. The van der Waals surface area contributed by atoms with Crippen LogP contribution >= 0.6 is 0 Å². The maximum absolute atomic E-state index is 5.32. The molecule has 0 spiro atoms. The first-order chi connectivity index (χ1) is 11.6. The molecule has 2 aliphatic rings. The predicted octanol–water partition coefficient (Wildman–Crippen LogP) is 1.10. The van der Waals surface area contributed by atoms with Gasteiger partial charge in [-0.1, -0.05) is 12.1 Å². The van der Waals surface area contributed by atoms with E-state index in [1.807, 2.05) is 13.0 Å². The summed E-state index contributed by atoms with van der Waals surface area (Å²) in [5.41, 5.74) is 1.23. The maximum atomic E-state index is 5.32. The van der Waals surface area contributed by atoms with E-state index < -0.39 is 0 Å². The van der Waals surface area contributed by atoms with Gasteiger partial charge in [-0.15, -0.1) is 0 Å². The molecule has 0 aliphatic carbocycles. The molecule has 1 aromatic heterocycles. The third kappa shape index (κ3) is 4.27. The lowest BCUT2D eigenvalue weighted by molar-refractivity contribution is -0.0946. The Kier molecular flexibility index (Phi) is 5.40. The number of piperazine rings is 1. The van der Waals surface area contributed by atoms with Crippen LogP contribution in [-0.2, 0) is 11.3 Å². The molecule has 0 radical (unpaired) electrons. The fourth-order valence-electron chi connectivity index (χ4n) is 3.07. The smallest absolute Gasteiger partial charge is 0.194 e. The molecule has 0 aromatic carbocycles. The van der Waals surface area contributed by atoms with Crippen LogP contribution in [0.25, 0.3) is 0 Å². The zero-order chi connectivity index (χ0) is 17.0. The van der Waals surface area contributed by atoms with Crippen molar-refractivity contribution in [3.8, 4) is 0 Å². The fraction of sp³-hybridized carbons (Fsp3) is 0.765. The van der Waals surface area contributed by atoms with E-state index in [-0.39, 0.29) is 5.41 Å². The standard InChI is InChI=1S/C17H29N5O2/c1-4-18-16(19-11-17(3)12-23-13-17)22-7-5-21(6-8-22)10-15-9-14(2)24-20-15/h9H,4-8,10-13H2,1-3H3,(H,18,19). The van der Waals surface area contributed by atoms with E-state index >= 15 is 0 Å². The highest BCUT2D eigenvalue weighted by molar-refractivity contribution is 5.80. The molecule has 7 nitrogen and oxygen atoms in total. The molecule has 2 fully saturated rings. The number of hydrogen-bond acceptors (Lipinski definition) is 5. The highest BCUT2D eigenvalue weighted by Crippen LogP contribution is 2.26. The molecule has 0 atom stereocenters. The first kappa shape index (κ1) is 17.2. The SMILES string of the molecule is CCNC(=NCC1(C)COC1)N1CCN(Cc2cc(C)on2)CC1. The van der Waals surface area contributed by atoms with Crippen molar-refractivity contribution in [3.63, 3.8) is 0 Å². The summed E-state index contributed by atoms with van der Waals surface area (Å²) < 4.78 is 10.5. The second-order valence-electron chi connectivity index (χ2n) is 7.17. The van der Waals surface area contributed by atoms with Gasteiger partial charge in [-0.05, 0) is 13.8 Å². The lowest BCUT2D eigenvalue weighted by atomic mass is 9.89. The predicted molar refractivity (Wildman–Crippen MR) is 93.0 cm³/mol. The van der Waals surface area contributed by atoms with Gasteiger partial charge in [-0.2, -0.15) is 0 Å². The summed E-state index contributed by atoms with van der Waals surface area (Å²) in [6.45, 7) is 14.5. The number of nitrogens with one attached hydrogen (secondary N) is 1. The average Bonchev–Trinajstić information content (AvgIpc) is 2.95. The van der Waals surface area contributed by atoms with Crippen LogP contribution in [0.3, 0.4) is 0 Å². The topological polar surface area (TPSA) is 66.1 Å². The second kappa shape index (κ2) is 7.53. The van der Waals surface area contributed by atoms with Gasteiger partial charge in [0.25, 0.3) is 0 Å². The van der Waals surface area contributed by atoms with E-state index in [0.29, 0.717) is 0 Å². The van der Waals surface area contributed by atoms with E-state index in [9.17, 15) is 0 Å². The first-order valence-corrected chi connectivity index (χ1v) is 8.83. The van der Waals surface area contributed by atoms with Crippen LogP contribution < -0.4 is 5.32 Å². The lowest BCUT2D eigenvalue weighted by Gasteiger charge is -2.39. The van der Waals surface area contributed by atoms with Crippen LogP contribution in [0.1, 0.15) is 25.3 Å². The molecule has 2 saturated heterocycles. The fourth-order valence-corrected chi connectivity index (χ4v) is 3.07. The van der Waals surface area contributed by atoms with Crippen LogP contribution in [0.15, 0.2) is 15.6 Å². The largest absolute Gasteiger partial charge is 0.380 e. The normalized spacial score (nSPS) is 21.6. The Balaban J connectivity index is 1.51. The minimum atomic E-state index is 0.216. The quantitative estimate of drug-likeness (QED) is 0.642. The maximum Gasteiger partial charge on any atom is 0.194 e. The molecule has 0 amide bonds. The zero-order valence-corrected chi connectivity index (χ0v) is 15.0.